The van der Waals surface area contributed by atoms with Crippen LogP contribution in [0.15, 0.2) is 0 Å². The third-order valence-electron chi connectivity index (χ3n) is 14.1. The molecule has 9 heteroatoms. The Kier molecular flexibility index (Phi) is 50.1. The van der Waals surface area contributed by atoms with Crippen molar-refractivity contribution in [2.45, 2.75) is 328 Å². The zero-order valence-corrected chi connectivity index (χ0v) is 46.8. The molecule has 0 aromatic rings. The minimum absolute atomic E-state index is 0.0165. The molecule has 8 nitrogen and oxygen atoms in total. The number of hydrogen-bond acceptors (Lipinski definition) is 6. The van der Waals surface area contributed by atoms with Crippen molar-refractivity contribution in [2.24, 2.45) is 0 Å². The summed E-state index contributed by atoms with van der Waals surface area (Å²) in [5.74, 6) is -0.158. The predicted octanol–water partition coefficient (Wildman–Crippen LogP) is 17.4. The average Bonchev–Trinajstić information content (AvgIpc) is 3.29. The lowest BCUT2D eigenvalue weighted by atomic mass is 10.0. The van der Waals surface area contributed by atoms with E-state index >= 15 is 0 Å². The molecular formula is C58H119N2O6P. The Labute approximate surface area is 419 Å². The number of phosphoric acid groups is 1. The standard InChI is InChI=1S/C58H119N2O6P/c1-6-8-10-12-14-16-18-20-22-23-24-25-26-27-28-29-30-31-32-33-34-35-36-37-38-39-41-43-45-47-49-51-57(61)56(55-66-67(63,64)65-54-53-60(3,4)5)59-58(62)52-50-48-46-44-42-40-21-19-17-15-13-11-9-7-2/h56-57,61H,6-55H2,1-5H3,(H-,59,62,63,64). The van der Waals surface area contributed by atoms with E-state index in [4.69, 9.17) is 9.05 Å². The van der Waals surface area contributed by atoms with Gasteiger partial charge in [-0.15, -0.1) is 0 Å². The van der Waals surface area contributed by atoms with E-state index in [-0.39, 0.29) is 19.1 Å². The number of carbonyl (C=O) groups excluding carboxylic acids is 1. The summed E-state index contributed by atoms with van der Waals surface area (Å²) in [6, 6.07) is -0.794. The number of likely N-dealkylation sites (N-methyl/N-ethyl adjacent to an activating group) is 1. The Balaban J connectivity index is 3.98. The van der Waals surface area contributed by atoms with Crippen molar-refractivity contribution >= 4 is 13.7 Å². The van der Waals surface area contributed by atoms with Gasteiger partial charge in [-0.1, -0.05) is 296 Å². The van der Waals surface area contributed by atoms with Crippen LogP contribution in [0.1, 0.15) is 316 Å². The number of unbranched alkanes of at least 4 members (excludes halogenated alkanes) is 43. The molecule has 0 heterocycles. The smallest absolute Gasteiger partial charge is 0.268 e. The Bertz CT molecular complexity index is 1060. The van der Waals surface area contributed by atoms with Crippen molar-refractivity contribution in [3.63, 3.8) is 0 Å². The van der Waals surface area contributed by atoms with Crippen molar-refractivity contribution in [3.8, 4) is 0 Å². The monoisotopic (exact) mass is 971 g/mol. The molecule has 0 spiro atoms. The normalized spacial score (nSPS) is 13.8. The van der Waals surface area contributed by atoms with E-state index in [9.17, 15) is 19.4 Å². The lowest BCUT2D eigenvalue weighted by Crippen LogP contribution is -2.46. The molecule has 1 amide bonds. The van der Waals surface area contributed by atoms with Crippen molar-refractivity contribution in [2.75, 3.05) is 40.9 Å². The minimum atomic E-state index is -4.57. The van der Waals surface area contributed by atoms with E-state index in [1.54, 1.807) is 0 Å². The number of amides is 1. The van der Waals surface area contributed by atoms with Crippen molar-refractivity contribution in [3.05, 3.63) is 0 Å². The van der Waals surface area contributed by atoms with Crippen LogP contribution in [-0.2, 0) is 18.4 Å². The van der Waals surface area contributed by atoms with Crippen molar-refractivity contribution < 1.29 is 32.9 Å². The molecule has 0 aromatic heterocycles. The number of nitrogens with zero attached hydrogens (tertiary/aromatic N) is 1. The van der Waals surface area contributed by atoms with Gasteiger partial charge in [0, 0.05) is 6.42 Å². The van der Waals surface area contributed by atoms with Crippen LogP contribution in [0.3, 0.4) is 0 Å². The fourth-order valence-corrected chi connectivity index (χ4v) is 10.1. The lowest BCUT2D eigenvalue weighted by Gasteiger charge is -2.30. The molecule has 0 radical (unpaired) electrons. The molecule has 0 bridgehead atoms. The maximum Gasteiger partial charge on any atom is 0.268 e. The van der Waals surface area contributed by atoms with Crippen LogP contribution in [0.5, 0.6) is 0 Å². The Morgan fingerprint density at radius 3 is 1.01 bits per heavy atom. The number of phosphoric ester groups is 1. The van der Waals surface area contributed by atoms with Gasteiger partial charge in [0.2, 0.25) is 5.91 Å². The summed E-state index contributed by atoms with van der Waals surface area (Å²) in [5.41, 5.74) is 0. The number of carbonyl (C=O) groups is 1. The van der Waals surface area contributed by atoms with E-state index in [1.807, 2.05) is 21.1 Å². The van der Waals surface area contributed by atoms with Gasteiger partial charge >= 0.3 is 0 Å². The highest BCUT2D eigenvalue weighted by atomic mass is 31.2. The van der Waals surface area contributed by atoms with E-state index in [2.05, 4.69) is 19.2 Å². The summed E-state index contributed by atoms with van der Waals surface area (Å²) in [4.78, 5) is 25.5. The van der Waals surface area contributed by atoms with E-state index in [1.165, 1.54) is 250 Å². The van der Waals surface area contributed by atoms with Crippen LogP contribution >= 0.6 is 7.82 Å². The van der Waals surface area contributed by atoms with Crippen LogP contribution in [-0.4, -0.2) is 68.5 Å². The fraction of sp³-hybridized carbons (Fsp3) is 0.983. The maximum atomic E-state index is 12.9. The zero-order chi connectivity index (χ0) is 49.2. The third-order valence-corrected chi connectivity index (χ3v) is 15.1. The summed E-state index contributed by atoms with van der Waals surface area (Å²) in [6.07, 6.45) is 60.1. The zero-order valence-electron chi connectivity index (χ0n) is 45.9. The van der Waals surface area contributed by atoms with Crippen LogP contribution < -0.4 is 10.2 Å². The maximum absolute atomic E-state index is 12.9. The van der Waals surface area contributed by atoms with Crippen LogP contribution in [0, 0.1) is 0 Å². The van der Waals surface area contributed by atoms with Gasteiger partial charge in [-0.05, 0) is 12.8 Å². The van der Waals surface area contributed by atoms with Gasteiger partial charge < -0.3 is 28.8 Å². The van der Waals surface area contributed by atoms with E-state index < -0.39 is 20.0 Å². The van der Waals surface area contributed by atoms with Gasteiger partial charge in [0.05, 0.1) is 39.9 Å². The average molecular weight is 972 g/mol. The SMILES string of the molecule is CCCCCCCCCCCCCCCCCCCCCCCCCCCCCCCCCC(O)C(COP(=O)([O-])OCC[N+](C)(C)C)NC(=O)CCCCCCCCCCCCCCCC. The quantitative estimate of drug-likeness (QED) is 0.0357. The third kappa shape index (κ3) is 53.1. The van der Waals surface area contributed by atoms with Crippen molar-refractivity contribution in [1.82, 2.24) is 5.32 Å². The van der Waals surface area contributed by atoms with E-state index in [0.717, 1.165) is 38.5 Å². The highest BCUT2D eigenvalue weighted by Gasteiger charge is 2.24. The Morgan fingerprint density at radius 1 is 0.463 bits per heavy atom. The molecule has 0 fully saturated rings. The van der Waals surface area contributed by atoms with Gasteiger partial charge in [0.25, 0.3) is 7.82 Å². The number of nitrogens with one attached hydrogen (secondary N) is 1. The lowest BCUT2D eigenvalue weighted by molar-refractivity contribution is -0.870. The second kappa shape index (κ2) is 50.4. The molecular weight excluding hydrogens is 852 g/mol. The molecule has 3 unspecified atom stereocenters. The van der Waals surface area contributed by atoms with Gasteiger partial charge in [-0.25, -0.2) is 0 Å². The molecule has 0 aliphatic carbocycles. The molecule has 3 atom stereocenters. The molecule has 0 saturated carbocycles. The first-order valence-corrected chi connectivity index (χ1v) is 31.3. The van der Waals surface area contributed by atoms with Gasteiger partial charge in [0.15, 0.2) is 0 Å². The second-order valence-corrected chi connectivity index (χ2v) is 23.5. The number of quaternary nitrogens is 1. The van der Waals surface area contributed by atoms with Gasteiger partial charge in [-0.2, -0.15) is 0 Å². The first-order chi connectivity index (χ1) is 32.5. The first-order valence-electron chi connectivity index (χ1n) is 29.9. The van der Waals surface area contributed by atoms with Crippen LogP contribution in [0.2, 0.25) is 0 Å². The number of hydrogen-bond donors (Lipinski definition) is 2. The molecule has 402 valence electrons. The Hall–Kier alpha value is -0.500. The molecule has 2 N–H and O–H groups in total. The van der Waals surface area contributed by atoms with Crippen molar-refractivity contribution in [1.29, 1.82) is 0 Å². The predicted molar refractivity (Wildman–Crippen MR) is 289 cm³/mol. The largest absolute Gasteiger partial charge is 0.756 e. The summed E-state index contributed by atoms with van der Waals surface area (Å²) in [7, 11) is 1.32. The fourth-order valence-electron chi connectivity index (χ4n) is 9.40. The topological polar surface area (TPSA) is 108 Å². The number of aliphatic hydroxyl groups is 1. The summed E-state index contributed by atoms with van der Waals surface area (Å²) in [5, 5.41) is 14.0. The highest BCUT2D eigenvalue weighted by Crippen LogP contribution is 2.38. The van der Waals surface area contributed by atoms with Crippen LogP contribution in [0.25, 0.3) is 0 Å². The molecule has 0 rings (SSSR count). The van der Waals surface area contributed by atoms with E-state index in [0.29, 0.717) is 23.9 Å². The minimum Gasteiger partial charge on any atom is -0.756 e. The van der Waals surface area contributed by atoms with Gasteiger partial charge in [-0.3, -0.25) is 9.36 Å². The number of aliphatic hydroxyl groups excluding tert-OH is 1. The first kappa shape index (κ1) is 66.5. The molecule has 0 saturated heterocycles. The molecule has 0 aromatic carbocycles. The summed E-state index contributed by atoms with van der Waals surface area (Å²) in [6.45, 7) is 4.77. The molecule has 67 heavy (non-hydrogen) atoms. The molecule has 0 aliphatic heterocycles. The summed E-state index contributed by atoms with van der Waals surface area (Å²) >= 11 is 0. The summed E-state index contributed by atoms with van der Waals surface area (Å²) < 4.78 is 23.4. The Morgan fingerprint density at radius 2 is 0.731 bits per heavy atom. The molecule has 0 aliphatic rings. The highest BCUT2D eigenvalue weighted by molar-refractivity contribution is 7.45. The number of rotatable bonds is 56. The van der Waals surface area contributed by atoms with Gasteiger partial charge in [0.1, 0.15) is 13.2 Å². The second-order valence-electron chi connectivity index (χ2n) is 22.1. The van der Waals surface area contributed by atoms with Crippen LogP contribution in [0.4, 0.5) is 0 Å².